The van der Waals surface area contributed by atoms with Gasteiger partial charge in [0.15, 0.2) is 5.03 Å². The van der Waals surface area contributed by atoms with Gasteiger partial charge in [-0.05, 0) is 24.3 Å². The van der Waals surface area contributed by atoms with E-state index >= 15 is 0 Å². The van der Waals surface area contributed by atoms with Crippen molar-refractivity contribution in [3.05, 3.63) is 45.0 Å². The van der Waals surface area contributed by atoms with Crippen molar-refractivity contribution in [1.29, 1.82) is 0 Å². The van der Waals surface area contributed by atoms with Crippen LogP contribution in [-0.4, -0.2) is 23.8 Å². The lowest BCUT2D eigenvalue weighted by Gasteiger charge is -2.18. The van der Waals surface area contributed by atoms with Crippen molar-refractivity contribution >= 4 is 28.7 Å². The van der Waals surface area contributed by atoms with E-state index in [0.717, 1.165) is 12.0 Å². The van der Waals surface area contributed by atoms with Crippen LogP contribution in [0.25, 0.3) is 0 Å². The fourth-order valence-electron chi connectivity index (χ4n) is 1.44. The SMILES string of the molecule is CCCNC(=N[N+](=O)[O-])NO[SH](C)Cc1ccccc1Cl. The van der Waals surface area contributed by atoms with Gasteiger partial charge in [0.25, 0.3) is 5.96 Å². The molecule has 1 aromatic carbocycles. The number of benzene rings is 1. The predicted molar refractivity (Wildman–Crippen MR) is 87.0 cm³/mol. The molecule has 0 radical (unpaired) electrons. The number of hydrazone groups is 1. The summed E-state index contributed by atoms with van der Waals surface area (Å²) in [6.07, 6.45) is 2.72. The lowest BCUT2D eigenvalue weighted by molar-refractivity contribution is -0.485. The van der Waals surface area contributed by atoms with Gasteiger partial charge < -0.3 is 5.32 Å². The molecule has 0 bridgehead atoms. The van der Waals surface area contributed by atoms with E-state index in [2.05, 4.69) is 15.9 Å². The number of nitrogens with zero attached hydrogens (tertiary/aromatic N) is 2. The average Bonchev–Trinajstić information content (AvgIpc) is 2.44. The van der Waals surface area contributed by atoms with Crippen LogP contribution < -0.4 is 10.8 Å². The summed E-state index contributed by atoms with van der Waals surface area (Å²) in [6.45, 7) is 2.51. The molecule has 0 saturated heterocycles. The summed E-state index contributed by atoms with van der Waals surface area (Å²) in [5.41, 5.74) is 3.48. The molecule has 0 fully saturated rings. The van der Waals surface area contributed by atoms with Crippen LogP contribution in [0.1, 0.15) is 18.9 Å². The van der Waals surface area contributed by atoms with Gasteiger partial charge in [-0.15, -0.1) is 11.2 Å². The van der Waals surface area contributed by atoms with Gasteiger partial charge in [-0.1, -0.05) is 36.7 Å². The Hall–Kier alpha value is -1.51. The minimum Gasteiger partial charge on any atom is -0.349 e. The van der Waals surface area contributed by atoms with Crippen LogP contribution in [0.4, 0.5) is 0 Å². The second kappa shape index (κ2) is 9.43. The molecule has 0 aliphatic carbocycles. The number of guanidine groups is 1. The number of hydrogen-bond donors (Lipinski definition) is 3. The fraction of sp³-hybridized carbons (Fsp3) is 0.417. The number of hydroxylamine groups is 1. The van der Waals surface area contributed by atoms with Crippen LogP contribution in [-0.2, 0) is 10.0 Å². The summed E-state index contributed by atoms with van der Waals surface area (Å²) >= 11 is 5.19. The van der Waals surface area contributed by atoms with Gasteiger partial charge >= 0.3 is 0 Å². The number of nitrogens with one attached hydrogen (secondary N) is 2. The third-order valence-corrected chi connectivity index (χ3v) is 3.93. The highest BCUT2D eigenvalue weighted by atomic mass is 35.5. The molecule has 2 N–H and O–H groups in total. The summed E-state index contributed by atoms with van der Waals surface area (Å²) in [7, 11) is 0. The maximum Gasteiger partial charge on any atom is 0.293 e. The quantitative estimate of drug-likeness (QED) is 0.234. The summed E-state index contributed by atoms with van der Waals surface area (Å²) in [5, 5.41) is 16.3. The Morgan fingerprint density at radius 1 is 1.52 bits per heavy atom. The van der Waals surface area contributed by atoms with Gasteiger partial charge in [0.2, 0.25) is 0 Å². The minimum absolute atomic E-state index is 0.00430. The van der Waals surface area contributed by atoms with Crippen molar-refractivity contribution < 1.29 is 9.32 Å². The first-order chi connectivity index (χ1) is 10.0. The molecule has 21 heavy (non-hydrogen) atoms. The first-order valence-electron chi connectivity index (χ1n) is 6.37. The van der Waals surface area contributed by atoms with Gasteiger partial charge in [-0.3, -0.25) is 0 Å². The van der Waals surface area contributed by atoms with Crippen LogP contribution >= 0.6 is 22.8 Å². The number of rotatable bonds is 7. The normalized spacial score (nSPS) is 13.7. The van der Waals surface area contributed by atoms with E-state index < -0.39 is 16.2 Å². The molecule has 0 aromatic heterocycles. The third kappa shape index (κ3) is 7.16. The average molecular weight is 335 g/mol. The van der Waals surface area contributed by atoms with Crippen LogP contribution in [0.15, 0.2) is 29.4 Å². The Labute approximate surface area is 131 Å². The van der Waals surface area contributed by atoms with Crippen molar-refractivity contribution in [2.24, 2.45) is 5.10 Å². The molecular formula is C12H19ClN4O3S. The molecule has 1 aromatic rings. The largest absolute Gasteiger partial charge is 0.349 e. The zero-order chi connectivity index (χ0) is 15.7. The van der Waals surface area contributed by atoms with Gasteiger partial charge in [-0.25, -0.2) is 19.9 Å². The highest BCUT2D eigenvalue weighted by molar-refractivity contribution is 8.11. The van der Waals surface area contributed by atoms with Crippen LogP contribution in [0.2, 0.25) is 5.02 Å². The molecule has 1 unspecified atom stereocenters. The van der Waals surface area contributed by atoms with E-state index in [1.807, 2.05) is 37.4 Å². The zero-order valence-corrected chi connectivity index (χ0v) is 13.5. The zero-order valence-electron chi connectivity index (χ0n) is 11.9. The minimum atomic E-state index is -0.885. The van der Waals surface area contributed by atoms with Crippen LogP contribution in [0, 0.1) is 10.1 Å². The Kier molecular flexibility index (Phi) is 7.88. The van der Waals surface area contributed by atoms with Gasteiger partial charge in [0.05, 0.1) is 0 Å². The smallest absolute Gasteiger partial charge is 0.293 e. The molecule has 0 aliphatic heterocycles. The number of halogens is 1. The Morgan fingerprint density at radius 2 is 2.24 bits per heavy atom. The maximum atomic E-state index is 10.4. The number of nitro groups is 1. The Morgan fingerprint density at radius 3 is 2.86 bits per heavy atom. The van der Waals surface area contributed by atoms with Gasteiger partial charge in [0.1, 0.15) is 5.10 Å². The molecule has 0 saturated carbocycles. The summed E-state index contributed by atoms with van der Waals surface area (Å²) in [6, 6.07) is 7.50. The predicted octanol–water partition coefficient (Wildman–Crippen LogP) is 2.45. The second-order valence-corrected chi connectivity index (χ2v) is 6.35. The van der Waals surface area contributed by atoms with E-state index in [1.54, 1.807) is 0 Å². The lowest BCUT2D eigenvalue weighted by Crippen LogP contribution is -2.37. The molecule has 0 spiro atoms. The lowest BCUT2D eigenvalue weighted by atomic mass is 10.2. The van der Waals surface area contributed by atoms with Crippen molar-refractivity contribution in [3.8, 4) is 0 Å². The topological polar surface area (TPSA) is 88.8 Å². The fourth-order valence-corrected chi connectivity index (χ4v) is 2.79. The second-order valence-electron chi connectivity index (χ2n) is 4.18. The summed E-state index contributed by atoms with van der Waals surface area (Å²) < 4.78 is 5.42. The standard InChI is InChI=1S/C12H19ClN4O3S/c1-3-8-14-12(15-17(18)19)16-20-21(2)9-10-6-4-5-7-11(10)13/h4-7,21H,3,8-9H2,1-2H3,(H2,14,15,16). The first kappa shape index (κ1) is 17.5. The number of hydrogen-bond acceptors (Lipinski definition) is 3. The van der Waals surface area contributed by atoms with Gasteiger partial charge in [-0.2, -0.15) is 0 Å². The van der Waals surface area contributed by atoms with E-state index in [4.69, 9.17) is 15.9 Å². The molecular weight excluding hydrogens is 316 g/mol. The molecule has 1 rings (SSSR count). The monoisotopic (exact) mass is 334 g/mol. The van der Waals surface area contributed by atoms with Crippen molar-refractivity contribution in [2.75, 3.05) is 12.8 Å². The van der Waals surface area contributed by atoms with E-state index in [1.165, 1.54) is 0 Å². The molecule has 1 atom stereocenters. The van der Waals surface area contributed by atoms with Gasteiger partial charge in [0, 0.05) is 17.3 Å². The number of thiol groups is 1. The van der Waals surface area contributed by atoms with Crippen molar-refractivity contribution in [3.63, 3.8) is 0 Å². The Balaban J connectivity index is 2.51. The highest BCUT2D eigenvalue weighted by Crippen LogP contribution is 2.29. The van der Waals surface area contributed by atoms with Crippen molar-refractivity contribution in [2.45, 2.75) is 19.1 Å². The van der Waals surface area contributed by atoms with E-state index in [-0.39, 0.29) is 5.96 Å². The van der Waals surface area contributed by atoms with Crippen molar-refractivity contribution in [1.82, 2.24) is 10.8 Å². The Bertz CT molecular complexity index is 501. The maximum absolute atomic E-state index is 10.4. The molecule has 0 aliphatic rings. The molecule has 0 heterocycles. The van der Waals surface area contributed by atoms with E-state index in [9.17, 15) is 10.1 Å². The molecule has 7 nitrogen and oxygen atoms in total. The molecule has 9 heteroatoms. The van der Waals surface area contributed by atoms with Crippen LogP contribution in [0.5, 0.6) is 0 Å². The van der Waals surface area contributed by atoms with Crippen LogP contribution in [0.3, 0.4) is 0 Å². The summed E-state index contributed by atoms with van der Waals surface area (Å²) in [5.74, 6) is 0.636. The highest BCUT2D eigenvalue weighted by Gasteiger charge is 2.08. The molecule has 118 valence electrons. The molecule has 0 amide bonds. The first-order valence-corrected chi connectivity index (χ1v) is 8.64. The summed E-state index contributed by atoms with van der Waals surface area (Å²) in [4.78, 5) is 10.4. The van der Waals surface area contributed by atoms with E-state index in [0.29, 0.717) is 17.3 Å². The third-order valence-electron chi connectivity index (χ3n) is 2.37.